The Kier molecular flexibility index (Phi) is 4.55. The first-order valence-corrected chi connectivity index (χ1v) is 5.14. The Bertz CT molecular complexity index is 504. The molecule has 0 saturated heterocycles. The molecule has 0 bridgehead atoms. The predicted octanol–water partition coefficient (Wildman–Crippen LogP) is 4.13. The standard InChI is InChI=1S/C13H9ClO2.ClH/c14-12-7-5-10(6-8-12)9-1-3-11(4-2-9)13(15)16;/h1-8H,(H,15,16);1H. The van der Waals surface area contributed by atoms with Gasteiger partial charge in [-0.1, -0.05) is 35.9 Å². The second kappa shape index (κ2) is 5.71. The molecule has 1 N–H and O–H groups in total. The molecular formula is C13H10Cl2O2. The van der Waals surface area contributed by atoms with Crippen molar-refractivity contribution in [1.29, 1.82) is 0 Å². The number of aromatic carboxylic acids is 1. The van der Waals surface area contributed by atoms with Crippen LogP contribution in [0.15, 0.2) is 48.5 Å². The van der Waals surface area contributed by atoms with E-state index < -0.39 is 5.97 Å². The van der Waals surface area contributed by atoms with Crippen molar-refractivity contribution in [3.63, 3.8) is 0 Å². The summed E-state index contributed by atoms with van der Waals surface area (Å²) in [6, 6.07) is 14.2. The van der Waals surface area contributed by atoms with Crippen molar-refractivity contribution in [1.82, 2.24) is 0 Å². The van der Waals surface area contributed by atoms with Crippen LogP contribution < -0.4 is 0 Å². The molecule has 0 aliphatic carbocycles. The van der Waals surface area contributed by atoms with E-state index in [4.69, 9.17) is 16.7 Å². The number of benzene rings is 2. The summed E-state index contributed by atoms with van der Waals surface area (Å²) in [6.07, 6.45) is 0. The fraction of sp³-hybridized carbons (Fsp3) is 0. The van der Waals surface area contributed by atoms with E-state index >= 15 is 0 Å². The molecule has 2 aromatic rings. The molecule has 2 nitrogen and oxygen atoms in total. The van der Waals surface area contributed by atoms with Crippen LogP contribution in [0, 0.1) is 0 Å². The van der Waals surface area contributed by atoms with E-state index in [2.05, 4.69) is 0 Å². The van der Waals surface area contributed by atoms with Crippen LogP contribution >= 0.6 is 24.0 Å². The Hall–Kier alpha value is -1.51. The van der Waals surface area contributed by atoms with Gasteiger partial charge in [-0.05, 0) is 35.4 Å². The zero-order chi connectivity index (χ0) is 11.5. The van der Waals surface area contributed by atoms with Crippen LogP contribution in [0.4, 0.5) is 0 Å². The lowest BCUT2D eigenvalue weighted by atomic mass is 10.0. The molecule has 0 atom stereocenters. The largest absolute Gasteiger partial charge is 0.478 e. The van der Waals surface area contributed by atoms with E-state index in [1.54, 1.807) is 24.3 Å². The summed E-state index contributed by atoms with van der Waals surface area (Å²) < 4.78 is 0. The highest BCUT2D eigenvalue weighted by atomic mass is 35.5. The molecule has 0 unspecified atom stereocenters. The number of carbonyl (C=O) groups is 1. The molecule has 0 spiro atoms. The van der Waals surface area contributed by atoms with Crippen molar-refractivity contribution >= 4 is 30.0 Å². The Balaban J connectivity index is 0.00000144. The average molecular weight is 269 g/mol. The third-order valence-corrected chi connectivity index (χ3v) is 2.56. The minimum Gasteiger partial charge on any atom is -0.478 e. The van der Waals surface area contributed by atoms with Crippen molar-refractivity contribution in [2.45, 2.75) is 0 Å². The van der Waals surface area contributed by atoms with Gasteiger partial charge in [-0.3, -0.25) is 0 Å². The van der Waals surface area contributed by atoms with Crippen LogP contribution in [-0.2, 0) is 0 Å². The van der Waals surface area contributed by atoms with Gasteiger partial charge in [-0.15, -0.1) is 12.4 Å². The quantitative estimate of drug-likeness (QED) is 0.890. The van der Waals surface area contributed by atoms with Crippen LogP contribution in [0.25, 0.3) is 11.1 Å². The van der Waals surface area contributed by atoms with Crippen LogP contribution in [-0.4, -0.2) is 11.1 Å². The molecule has 2 rings (SSSR count). The third kappa shape index (κ3) is 3.22. The van der Waals surface area contributed by atoms with Gasteiger partial charge < -0.3 is 5.11 Å². The van der Waals surface area contributed by atoms with Gasteiger partial charge in [0, 0.05) is 5.02 Å². The lowest BCUT2D eigenvalue weighted by Crippen LogP contribution is -1.94. The second-order valence-corrected chi connectivity index (χ2v) is 3.83. The molecule has 0 saturated carbocycles. The molecule has 0 aliphatic heterocycles. The van der Waals surface area contributed by atoms with E-state index in [0.29, 0.717) is 5.02 Å². The van der Waals surface area contributed by atoms with Gasteiger partial charge >= 0.3 is 5.97 Å². The highest BCUT2D eigenvalue weighted by Crippen LogP contribution is 2.21. The highest BCUT2D eigenvalue weighted by Gasteiger charge is 2.02. The number of rotatable bonds is 2. The van der Waals surface area contributed by atoms with Gasteiger partial charge in [-0.2, -0.15) is 0 Å². The highest BCUT2D eigenvalue weighted by molar-refractivity contribution is 6.30. The number of halogens is 2. The summed E-state index contributed by atoms with van der Waals surface area (Å²) in [5.74, 6) is -0.914. The Morgan fingerprint density at radius 3 is 1.71 bits per heavy atom. The molecule has 17 heavy (non-hydrogen) atoms. The van der Waals surface area contributed by atoms with E-state index in [-0.39, 0.29) is 18.0 Å². The van der Waals surface area contributed by atoms with Crippen LogP contribution in [0.1, 0.15) is 10.4 Å². The molecule has 2 aromatic carbocycles. The molecule has 0 heterocycles. The molecule has 0 aromatic heterocycles. The Labute approximate surface area is 110 Å². The first-order valence-electron chi connectivity index (χ1n) is 4.76. The van der Waals surface area contributed by atoms with Gasteiger partial charge in [0.2, 0.25) is 0 Å². The van der Waals surface area contributed by atoms with Crippen molar-refractivity contribution < 1.29 is 9.90 Å². The summed E-state index contributed by atoms with van der Waals surface area (Å²) in [7, 11) is 0. The average Bonchev–Trinajstić information content (AvgIpc) is 2.30. The van der Waals surface area contributed by atoms with Crippen LogP contribution in [0.2, 0.25) is 5.02 Å². The van der Waals surface area contributed by atoms with Gasteiger partial charge in [-0.25, -0.2) is 4.79 Å². The zero-order valence-corrected chi connectivity index (χ0v) is 10.3. The van der Waals surface area contributed by atoms with Crippen molar-refractivity contribution in [2.75, 3.05) is 0 Å². The first-order chi connectivity index (χ1) is 7.66. The summed E-state index contributed by atoms with van der Waals surface area (Å²) in [5, 5.41) is 9.45. The lowest BCUT2D eigenvalue weighted by Gasteiger charge is -2.02. The fourth-order valence-corrected chi connectivity index (χ4v) is 1.57. The summed E-state index contributed by atoms with van der Waals surface area (Å²) in [5.41, 5.74) is 2.28. The van der Waals surface area contributed by atoms with Crippen molar-refractivity contribution in [2.24, 2.45) is 0 Å². The number of hydrogen-bond donors (Lipinski definition) is 1. The van der Waals surface area contributed by atoms with Crippen LogP contribution in [0.5, 0.6) is 0 Å². The smallest absolute Gasteiger partial charge is 0.335 e. The maximum absolute atomic E-state index is 10.7. The molecule has 0 aliphatic rings. The minimum atomic E-state index is -0.914. The monoisotopic (exact) mass is 268 g/mol. The zero-order valence-electron chi connectivity index (χ0n) is 8.76. The Morgan fingerprint density at radius 1 is 0.882 bits per heavy atom. The fourth-order valence-electron chi connectivity index (χ4n) is 1.45. The SMILES string of the molecule is Cl.O=C(O)c1ccc(-c2ccc(Cl)cc2)cc1. The van der Waals surface area contributed by atoms with Crippen molar-refractivity contribution in [3.05, 3.63) is 59.1 Å². The molecule has 4 heteroatoms. The minimum absolute atomic E-state index is 0. The molecule has 0 amide bonds. The number of hydrogen-bond acceptors (Lipinski definition) is 1. The summed E-state index contributed by atoms with van der Waals surface area (Å²) in [6.45, 7) is 0. The summed E-state index contributed by atoms with van der Waals surface area (Å²) in [4.78, 5) is 10.7. The van der Waals surface area contributed by atoms with E-state index in [0.717, 1.165) is 11.1 Å². The first kappa shape index (κ1) is 13.6. The maximum Gasteiger partial charge on any atom is 0.335 e. The van der Waals surface area contributed by atoms with Crippen LogP contribution in [0.3, 0.4) is 0 Å². The molecular weight excluding hydrogens is 259 g/mol. The molecule has 88 valence electrons. The summed E-state index contributed by atoms with van der Waals surface area (Å²) >= 11 is 5.79. The van der Waals surface area contributed by atoms with Gasteiger partial charge in [0.1, 0.15) is 0 Å². The molecule has 0 radical (unpaired) electrons. The van der Waals surface area contributed by atoms with E-state index in [1.807, 2.05) is 24.3 Å². The van der Waals surface area contributed by atoms with Gasteiger partial charge in [0.25, 0.3) is 0 Å². The van der Waals surface area contributed by atoms with E-state index in [9.17, 15) is 4.79 Å². The normalized spacial score (nSPS) is 9.47. The van der Waals surface area contributed by atoms with Gasteiger partial charge in [0.15, 0.2) is 0 Å². The lowest BCUT2D eigenvalue weighted by molar-refractivity contribution is 0.0697. The topological polar surface area (TPSA) is 37.3 Å². The van der Waals surface area contributed by atoms with E-state index in [1.165, 1.54) is 0 Å². The molecule has 0 fully saturated rings. The second-order valence-electron chi connectivity index (χ2n) is 3.39. The third-order valence-electron chi connectivity index (χ3n) is 2.31. The van der Waals surface area contributed by atoms with Crippen molar-refractivity contribution in [3.8, 4) is 11.1 Å². The van der Waals surface area contributed by atoms with Gasteiger partial charge in [0.05, 0.1) is 5.56 Å². The predicted molar refractivity (Wildman–Crippen MR) is 71.1 cm³/mol. The number of carboxylic acids is 1. The Morgan fingerprint density at radius 2 is 1.29 bits per heavy atom. The number of carboxylic acid groups (broad SMARTS) is 1. The maximum atomic E-state index is 10.7.